The topological polar surface area (TPSA) is 90.7 Å². The second-order valence-corrected chi connectivity index (χ2v) is 4.55. The Morgan fingerprint density at radius 2 is 1.83 bits per heavy atom. The first-order valence-corrected chi connectivity index (χ1v) is 6.91. The molecular formula is C16H16N2O5. The lowest BCUT2D eigenvalue weighted by Gasteiger charge is -2.09. The Kier molecular flexibility index (Phi) is 5.14. The lowest BCUT2D eigenvalue weighted by Crippen LogP contribution is -2.13. The quantitative estimate of drug-likeness (QED) is 0.652. The number of methoxy groups -OCH3 is 1. The third kappa shape index (κ3) is 3.97. The average Bonchev–Trinajstić information content (AvgIpc) is 2.56. The summed E-state index contributed by atoms with van der Waals surface area (Å²) in [7, 11) is 1.53. The summed E-state index contributed by atoms with van der Waals surface area (Å²) < 4.78 is 10.3. The Bertz CT molecular complexity index is 713. The van der Waals surface area contributed by atoms with Crippen LogP contribution in [0, 0.1) is 10.1 Å². The minimum Gasteiger partial charge on any atom is -0.497 e. The number of rotatable bonds is 6. The van der Waals surface area contributed by atoms with Crippen LogP contribution in [0.25, 0.3) is 0 Å². The highest BCUT2D eigenvalue weighted by atomic mass is 16.6. The van der Waals surface area contributed by atoms with Gasteiger partial charge in [-0.25, -0.2) is 0 Å². The van der Waals surface area contributed by atoms with Crippen LogP contribution in [0.4, 0.5) is 11.4 Å². The van der Waals surface area contributed by atoms with E-state index < -0.39 is 10.8 Å². The molecule has 0 saturated carbocycles. The molecule has 0 aliphatic carbocycles. The molecule has 0 spiro atoms. The number of nitro groups is 1. The summed E-state index contributed by atoms with van der Waals surface area (Å²) in [6, 6.07) is 10.7. The first-order valence-electron chi connectivity index (χ1n) is 6.91. The number of hydrogen-bond acceptors (Lipinski definition) is 5. The summed E-state index contributed by atoms with van der Waals surface area (Å²) >= 11 is 0. The highest BCUT2D eigenvalue weighted by Crippen LogP contribution is 2.29. The van der Waals surface area contributed by atoms with Gasteiger partial charge in [0.2, 0.25) is 0 Å². The average molecular weight is 316 g/mol. The smallest absolute Gasteiger partial charge is 0.296 e. The second kappa shape index (κ2) is 7.26. The molecule has 0 bridgehead atoms. The fraction of sp³-hybridized carbons (Fsp3) is 0.188. The molecule has 120 valence electrons. The van der Waals surface area contributed by atoms with Crippen molar-refractivity contribution in [2.24, 2.45) is 0 Å². The summed E-state index contributed by atoms with van der Waals surface area (Å²) in [6.45, 7) is 2.18. The molecule has 23 heavy (non-hydrogen) atoms. The predicted molar refractivity (Wildman–Crippen MR) is 85.2 cm³/mol. The number of hydrogen-bond donors (Lipinski definition) is 1. The van der Waals surface area contributed by atoms with Gasteiger partial charge in [0.15, 0.2) is 0 Å². The fourth-order valence-corrected chi connectivity index (χ4v) is 1.96. The maximum absolute atomic E-state index is 12.2. The Balaban J connectivity index is 2.23. The molecule has 0 aliphatic rings. The lowest BCUT2D eigenvalue weighted by molar-refractivity contribution is -0.384. The molecule has 0 atom stereocenters. The minimum absolute atomic E-state index is 0.110. The number of amides is 1. The van der Waals surface area contributed by atoms with Gasteiger partial charge in [0.05, 0.1) is 24.7 Å². The van der Waals surface area contributed by atoms with Gasteiger partial charge in [0.1, 0.15) is 17.2 Å². The lowest BCUT2D eigenvalue weighted by atomic mass is 10.2. The van der Waals surface area contributed by atoms with Crippen molar-refractivity contribution in [2.75, 3.05) is 19.0 Å². The van der Waals surface area contributed by atoms with Crippen LogP contribution in [0.2, 0.25) is 0 Å². The third-order valence-corrected chi connectivity index (χ3v) is 3.08. The SMILES string of the molecule is CCOc1ccc(NC(=O)c2ccc(OC)cc2)c([N+](=O)[O-])c1. The summed E-state index contributed by atoms with van der Waals surface area (Å²) in [4.78, 5) is 22.8. The van der Waals surface area contributed by atoms with Gasteiger partial charge < -0.3 is 14.8 Å². The molecule has 2 aromatic rings. The minimum atomic E-state index is -0.563. The van der Waals surface area contributed by atoms with E-state index in [0.29, 0.717) is 23.7 Å². The first kappa shape index (κ1) is 16.3. The van der Waals surface area contributed by atoms with Crippen molar-refractivity contribution in [3.8, 4) is 11.5 Å². The Hall–Kier alpha value is -3.09. The van der Waals surface area contributed by atoms with Gasteiger partial charge in [-0.15, -0.1) is 0 Å². The number of anilines is 1. The monoisotopic (exact) mass is 316 g/mol. The van der Waals surface area contributed by atoms with Crippen LogP contribution in [-0.2, 0) is 0 Å². The van der Waals surface area contributed by atoms with E-state index in [2.05, 4.69) is 5.32 Å². The Labute approximate surface area is 133 Å². The van der Waals surface area contributed by atoms with E-state index in [9.17, 15) is 14.9 Å². The van der Waals surface area contributed by atoms with Crippen LogP contribution in [0.5, 0.6) is 11.5 Å². The van der Waals surface area contributed by atoms with Gasteiger partial charge in [-0.2, -0.15) is 0 Å². The molecule has 0 aliphatic heterocycles. The highest BCUT2D eigenvalue weighted by Gasteiger charge is 2.18. The predicted octanol–water partition coefficient (Wildman–Crippen LogP) is 3.25. The number of nitro benzene ring substituents is 1. The summed E-state index contributed by atoms with van der Waals surface area (Å²) in [5, 5.41) is 13.7. The van der Waals surface area contributed by atoms with Crippen molar-refractivity contribution >= 4 is 17.3 Å². The van der Waals surface area contributed by atoms with Crippen LogP contribution >= 0.6 is 0 Å². The maximum atomic E-state index is 12.2. The summed E-state index contributed by atoms with van der Waals surface area (Å²) in [6.07, 6.45) is 0. The van der Waals surface area contributed by atoms with Crippen molar-refractivity contribution in [1.82, 2.24) is 0 Å². The van der Waals surface area contributed by atoms with Gasteiger partial charge in [0, 0.05) is 5.56 Å². The van der Waals surface area contributed by atoms with Crippen molar-refractivity contribution < 1.29 is 19.2 Å². The molecule has 7 heteroatoms. The van der Waals surface area contributed by atoms with E-state index in [-0.39, 0.29) is 11.4 Å². The zero-order valence-corrected chi connectivity index (χ0v) is 12.7. The molecule has 2 aromatic carbocycles. The van der Waals surface area contributed by atoms with Gasteiger partial charge in [0.25, 0.3) is 11.6 Å². The molecule has 7 nitrogen and oxygen atoms in total. The van der Waals surface area contributed by atoms with E-state index in [1.54, 1.807) is 37.3 Å². The number of carbonyl (C=O) groups excluding carboxylic acids is 1. The standard InChI is InChI=1S/C16H16N2O5/c1-3-23-13-8-9-14(15(10-13)18(20)21)17-16(19)11-4-6-12(22-2)7-5-11/h4-10H,3H2,1-2H3,(H,17,19). The molecule has 2 rings (SSSR count). The molecule has 0 heterocycles. The third-order valence-electron chi connectivity index (χ3n) is 3.08. The van der Waals surface area contributed by atoms with Gasteiger partial charge >= 0.3 is 0 Å². The molecule has 0 unspecified atom stereocenters. The molecule has 0 aromatic heterocycles. The zero-order valence-electron chi connectivity index (χ0n) is 12.7. The van der Waals surface area contributed by atoms with Crippen molar-refractivity contribution in [3.63, 3.8) is 0 Å². The fourth-order valence-electron chi connectivity index (χ4n) is 1.96. The van der Waals surface area contributed by atoms with Crippen LogP contribution in [0.15, 0.2) is 42.5 Å². The van der Waals surface area contributed by atoms with E-state index in [1.807, 2.05) is 0 Å². The Morgan fingerprint density at radius 1 is 1.17 bits per heavy atom. The summed E-state index contributed by atoms with van der Waals surface area (Å²) in [5.41, 5.74) is 0.256. The van der Waals surface area contributed by atoms with Crippen LogP contribution < -0.4 is 14.8 Å². The van der Waals surface area contributed by atoms with E-state index in [0.717, 1.165) is 0 Å². The Morgan fingerprint density at radius 3 is 2.39 bits per heavy atom. The molecule has 0 fully saturated rings. The maximum Gasteiger partial charge on any atom is 0.296 e. The molecule has 0 radical (unpaired) electrons. The number of nitrogens with zero attached hydrogens (tertiary/aromatic N) is 1. The van der Waals surface area contributed by atoms with Crippen molar-refractivity contribution in [2.45, 2.75) is 6.92 Å². The normalized spacial score (nSPS) is 10.0. The van der Waals surface area contributed by atoms with E-state index in [1.165, 1.54) is 19.2 Å². The summed E-state index contributed by atoms with van der Waals surface area (Å²) in [5.74, 6) is 0.551. The largest absolute Gasteiger partial charge is 0.497 e. The van der Waals surface area contributed by atoms with Crippen LogP contribution in [-0.4, -0.2) is 24.5 Å². The zero-order chi connectivity index (χ0) is 16.8. The number of carbonyl (C=O) groups is 1. The van der Waals surface area contributed by atoms with Crippen molar-refractivity contribution in [3.05, 3.63) is 58.1 Å². The molecular weight excluding hydrogens is 300 g/mol. The first-order chi connectivity index (χ1) is 11.0. The number of ether oxygens (including phenoxy) is 2. The van der Waals surface area contributed by atoms with E-state index in [4.69, 9.17) is 9.47 Å². The van der Waals surface area contributed by atoms with Crippen LogP contribution in [0.3, 0.4) is 0 Å². The number of nitrogens with one attached hydrogen (secondary N) is 1. The molecule has 0 saturated heterocycles. The highest BCUT2D eigenvalue weighted by molar-refractivity contribution is 6.05. The van der Waals surface area contributed by atoms with Crippen molar-refractivity contribution in [1.29, 1.82) is 0 Å². The molecule has 1 amide bonds. The molecule has 1 N–H and O–H groups in total. The van der Waals surface area contributed by atoms with Gasteiger partial charge in [-0.05, 0) is 43.3 Å². The van der Waals surface area contributed by atoms with Gasteiger partial charge in [-0.1, -0.05) is 0 Å². The van der Waals surface area contributed by atoms with E-state index >= 15 is 0 Å². The van der Waals surface area contributed by atoms with Gasteiger partial charge in [-0.3, -0.25) is 14.9 Å². The van der Waals surface area contributed by atoms with Crippen LogP contribution in [0.1, 0.15) is 17.3 Å². The number of benzene rings is 2. The second-order valence-electron chi connectivity index (χ2n) is 4.55.